The first-order valence-corrected chi connectivity index (χ1v) is 10.2. The van der Waals surface area contributed by atoms with Gasteiger partial charge in [0.25, 0.3) is 5.91 Å². The molecule has 1 amide bonds. The van der Waals surface area contributed by atoms with Crippen LogP contribution in [0.3, 0.4) is 0 Å². The predicted molar refractivity (Wildman–Crippen MR) is 118 cm³/mol. The Balaban J connectivity index is 1.59. The molecular weight excluding hydrogens is 457 g/mol. The first-order valence-electron chi connectivity index (χ1n) is 9.86. The van der Waals surface area contributed by atoms with E-state index >= 15 is 0 Å². The molecule has 2 aromatic heterocycles. The van der Waals surface area contributed by atoms with Crippen molar-refractivity contribution in [3.05, 3.63) is 76.8 Å². The lowest BCUT2D eigenvalue weighted by Crippen LogP contribution is -2.28. The summed E-state index contributed by atoms with van der Waals surface area (Å²) in [7, 11) is 1.50. The van der Waals surface area contributed by atoms with Gasteiger partial charge in [-0.15, -0.1) is 0 Å². The molecule has 0 saturated heterocycles. The van der Waals surface area contributed by atoms with Gasteiger partial charge in [-0.3, -0.25) is 4.79 Å². The molecule has 0 unspecified atom stereocenters. The second-order valence-electron chi connectivity index (χ2n) is 7.24. The zero-order valence-corrected chi connectivity index (χ0v) is 18.1. The Morgan fingerprint density at radius 2 is 1.88 bits per heavy atom. The number of nitrogens with one attached hydrogen (secondary N) is 1. The van der Waals surface area contributed by atoms with Gasteiger partial charge >= 0.3 is 6.18 Å². The van der Waals surface area contributed by atoms with Gasteiger partial charge in [-0.25, -0.2) is 4.68 Å². The van der Waals surface area contributed by atoms with Crippen LogP contribution in [0.4, 0.5) is 13.2 Å². The Morgan fingerprint density at radius 1 is 1.12 bits per heavy atom. The summed E-state index contributed by atoms with van der Waals surface area (Å²) in [5, 5.41) is 7.27. The number of aromatic nitrogens is 3. The van der Waals surface area contributed by atoms with Gasteiger partial charge in [0.1, 0.15) is 5.69 Å². The normalized spacial score (nSPS) is 11.5. The van der Waals surface area contributed by atoms with Crippen LogP contribution in [0.15, 0.2) is 60.7 Å². The highest BCUT2D eigenvalue weighted by molar-refractivity contribution is 6.30. The van der Waals surface area contributed by atoms with Crippen LogP contribution in [0.5, 0.6) is 5.88 Å². The van der Waals surface area contributed by atoms with Crippen LogP contribution in [0.1, 0.15) is 11.1 Å². The van der Waals surface area contributed by atoms with Crippen LogP contribution in [-0.2, 0) is 24.6 Å². The van der Waals surface area contributed by atoms with Crippen molar-refractivity contribution in [1.29, 1.82) is 0 Å². The van der Waals surface area contributed by atoms with Gasteiger partial charge in [0.2, 0.25) is 5.88 Å². The van der Waals surface area contributed by atoms with E-state index < -0.39 is 24.3 Å². The summed E-state index contributed by atoms with van der Waals surface area (Å²) >= 11 is 5.91. The van der Waals surface area contributed by atoms with Crippen molar-refractivity contribution < 1.29 is 22.7 Å². The number of nitrogens with zero attached hydrogens (tertiary/aromatic N) is 3. The van der Waals surface area contributed by atoms with Gasteiger partial charge in [-0.2, -0.15) is 23.3 Å². The van der Waals surface area contributed by atoms with E-state index in [2.05, 4.69) is 15.4 Å². The van der Waals surface area contributed by atoms with Crippen molar-refractivity contribution in [2.75, 3.05) is 6.61 Å². The number of hydrogen-bond donors (Lipinski definition) is 1. The summed E-state index contributed by atoms with van der Waals surface area (Å²) < 4.78 is 48.4. The Labute approximate surface area is 192 Å². The molecular formula is C23H18ClF3N4O2. The molecule has 2 aromatic carbocycles. The number of carbonyl (C=O) groups is 1. The average molecular weight is 475 g/mol. The SMILES string of the molecule is Cn1nc(-c2ccccc2)c2c(C(F)(F)F)cc(OCC(=O)NCc3cccc(Cl)c3)nc21. The van der Waals surface area contributed by atoms with E-state index in [1.165, 1.54) is 11.7 Å². The lowest BCUT2D eigenvalue weighted by atomic mass is 10.0. The molecule has 33 heavy (non-hydrogen) atoms. The maximum absolute atomic E-state index is 13.9. The molecule has 0 saturated carbocycles. The predicted octanol–water partition coefficient (Wildman–Crippen LogP) is 5.00. The van der Waals surface area contributed by atoms with Gasteiger partial charge in [-0.05, 0) is 17.7 Å². The van der Waals surface area contributed by atoms with Crippen LogP contribution in [0.25, 0.3) is 22.3 Å². The van der Waals surface area contributed by atoms with Crippen molar-refractivity contribution in [3.63, 3.8) is 0 Å². The Kier molecular flexibility index (Phi) is 6.24. The first-order chi connectivity index (χ1) is 15.7. The second-order valence-corrected chi connectivity index (χ2v) is 7.67. The van der Waals surface area contributed by atoms with Gasteiger partial charge in [0.15, 0.2) is 12.3 Å². The molecule has 4 aromatic rings. The third-order valence-corrected chi connectivity index (χ3v) is 5.09. The largest absolute Gasteiger partial charge is 0.467 e. The van der Waals surface area contributed by atoms with Crippen LogP contribution in [0.2, 0.25) is 5.02 Å². The molecule has 170 valence electrons. The maximum atomic E-state index is 13.9. The molecule has 0 aliphatic rings. The van der Waals surface area contributed by atoms with Gasteiger partial charge in [0, 0.05) is 30.2 Å². The van der Waals surface area contributed by atoms with Gasteiger partial charge in [-0.1, -0.05) is 54.1 Å². The monoisotopic (exact) mass is 474 g/mol. The maximum Gasteiger partial charge on any atom is 0.417 e. The number of amides is 1. The molecule has 0 aliphatic carbocycles. The lowest BCUT2D eigenvalue weighted by molar-refractivity contribution is -0.136. The summed E-state index contributed by atoms with van der Waals surface area (Å²) in [5.41, 5.74) is 0.535. The number of alkyl halides is 3. The number of pyridine rings is 1. The molecule has 0 aliphatic heterocycles. The fourth-order valence-electron chi connectivity index (χ4n) is 3.36. The Hall–Kier alpha value is -3.59. The second kappa shape index (κ2) is 9.11. The van der Waals surface area contributed by atoms with Crippen LogP contribution >= 0.6 is 11.6 Å². The molecule has 0 radical (unpaired) electrons. The molecule has 1 N–H and O–H groups in total. The third-order valence-electron chi connectivity index (χ3n) is 4.85. The number of benzene rings is 2. The van der Waals surface area contributed by atoms with E-state index in [9.17, 15) is 18.0 Å². The highest BCUT2D eigenvalue weighted by atomic mass is 35.5. The molecule has 0 fully saturated rings. The number of aryl methyl sites for hydroxylation is 1. The highest BCUT2D eigenvalue weighted by Crippen LogP contribution is 2.40. The van der Waals surface area contributed by atoms with Gasteiger partial charge in [0.05, 0.1) is 10.9 Å². The summed E-state index contributed by atoms with van der Waals surface area (Å²) in [5.74, 6) is -0.837. The molecule has 4 rings (SSSR count). The number of rotatable bonds is 6. The summed E-state index contributed by atoms with van der Waals surface area (Å²) in [6, 6.07) is 16.3. The molecule has 10 heteroatoms. The number of halogens is 4. The summed E-state index contributed by atoms with van der Waals surface area (Å²) in [6.07, 6.45) is -4.68. The first kappa shape index (κ1) is 22.6. The minimum atomic E-state index is -4.68. The van der Waals surface area contributed by atoms with E-state index in [4.69, 9.17) is 16.3 Å². The minimum absolute atomic E-state index is 0.00184. The molecule has 2 heterocycles. The lowest BCUT2D eigenvalue weighted by Gasteiger charge is -2.12. The molecule has 0 spiro atoms. The topological polar surface area (TPSA) is 69.0 Å². The molecule has 6 nitrogen and oxygen atoms in total. The van der Waals surface area contributed by atoms with E-state index in [0.29, 0.717) is 10.6 Å². The van der Waals surface area contributed by atoms with E-state index in [-0.39, 0.29) is 29.2 Å². The number of hydrogen-bond acceptors (Lipinski definition) is 4. The Morgan fingerprint density at radius 3 is 2.58 bits per heavy atom. The van der Waals surface area contributed by atoms with Crippen LogP contribution in [-0.4, -0.2) is 27.3 Å². The fraction of sp³-hybridized carbons (Fsp3) is 0.174. The van der Waals surface area contributed by atoms with Crippen molar-refractivity contribution in [3.8, 4) is 17.1 Å². The standard InChI is InChI=1S/C23H18ClF3N4O2/c1-31-22-20(21(30-31)15-7-3-2-4-8-15)17(23(25,26)27)11-19(29-22)33-13-18(32)28-12-14-6-5-9-16(24)10-14/h2-11H,12-13H2,1H3,(H,28,32). The fourth-order valence-corrected chi connectivity index (χ4v) is 3.57. The quantitative estimate of drug-likeness (QED) is 0.427. The van der Waals surface area contributed by atoms with Crippen molar-refractivity contribution in [2.45, 2.75) is 12.7 Å². The summed E-state index contributed by atoms with van der Waals surface area (Å²) in [6.45, 7) is -0.301. The Bertz CT molecular complexity index is 1310. The highest BCUT2D eigenvalue weighted by Gasteiger charge is 2.36. The van der Waals surface area contributed by atoms with Crippen molar-refractivity contribution in [2.24, 2.45) is 7.05 Å². The van der Waals surface area contributed by atoms with Gasteiger partial charge < -0.3 is 10.1 Å². The van der Waals surface area contributed by atoms with Crippen molar-refractivity contribution >= 4 is 28.5 Å². The minimum Gasteiger partial charge on any atom is -0.467 e. The van der Waals surface area contributed by atoms with E-state index in [0.717, 1.165) is 11.6 Å². The zero-order chi connectivity index (χ0) is 23.6. The van der Waals surface area contributed by atoms with Crippen molar-refractivity contribution in [1.82, 2.24) is 20.1 Å². The average Bonchev–Trinajstić information content (AvgIpc) is 3.12. The van der Waals surface area contributed by atoms with Crippen LogP contribution in [0, 0.1) is 0 Å². The molecule has 0 bridgehead atoms. The molecule has 0 atom stereocenters. The third kappa shape index (κ3) is 5.09. The number of carbonyl (C=O) groups excluding carboxylic acids is 1. The number of fused-ring (bicyclic) bond motifs is 1. The van der Waals surface area contributed by atoms with Crippen LogP contribution < -0.4 is 10.1 Å². The summed E-state index contributed by atoms with van der Waals surface area (Å²) in [4.78, 5) is 16.3. The van der Waals surface area contributed by atoms with E-state index in [1.54, 1.807) is 54.6 Å². The number of ether oxygens (including phenoxy) is 1. The van der Waals surface area contributed by atoms with E-state index in [1.807, 2.05) is 0 Å². The smallest absolute Gasteiger partial charge is 0.417 e. The zero-order valence-electron chi connectivity index (χ0n) is 17.4.